The van der Waals surface area contributed by atoms with Crippen molar-refractivity contribution in [3.05, 3.63) is 35.9 Å². The van der Waals surface area contributed by atoms with Crippen molar-refractivity contribution >= 4 is 22.6 Å². The van der Waals surface area contributed by atoms with Crippen LogP contribution in [0.25, 0.3) is 6.08 Å². The molecule has 74 valence electrons. The van der Waals surface area contributed by atoms with Crippen LogP contribution < -0.4 is 0 Å². The number of hydrogen-bond acceptors (Lipinski definition) is 3. The van der Waals surface area contributed by atoms with Crippen LogP contribution in [0.3, 0.4) is 0 Å². The SMILES string of the molecule is O=CC=Cc1ccccc1S(=O)(=O)F. The monoisotopic (exact) mass is 214 g/mol. The second kappa shape index (κ2) is 4.15. The highest BCUT2D eigenvalue weighted by Crippen LogP contribution is 2.18. The summed E-state index contributed by atoms with van der Waals surface area (Å²) < 4.78 is 33.9. The number of halogens is 1. The number of aldehydes is 1. The van der Waals surface area contributed by atoms with Gasteiger partial charge in [0, 0.05) is 0 Å². The summed E-state index contributed by atoms with van der Waals surface area (Å²) in [4.78, 5) is 9.58. The summed E-state index contributed by atoms with van der Waals surface area (Å²) >= 11 is 0. The van der Waals surface area contributed by atoms with Crippen molar-refractivity contribution < 1.29 is 17.1 Å². The molecule has 0 aliphatic carbocycles. The van der Waals surface area contributed by atoms with Gasteiger partial charge in [-0.25, -0.2) is 0 Å². The molecule has 5 heteroatoms. The Hall–Kier alpha value is -1.49. The van der Waals surface area contributed by atoms with E-state index in [1.54, 1.807) is 6.07 Å². The van der Waals surface area contributed by atoms with Crippen molar-refractivity contribution in [3.63, 3.8) is 0 Å². The largest absolute Gasteiger partial charge is 0.332 e. The van der Waals surface area contributed by atoms with Gasteiger partial charge >= 0.3 is 10.2 Å². The lowest BCUT2D eigenvalue weighted by molar-refractivity contribution is -0.104. The molecule has 3 nitrogen and oxygen atoms in total. The van der Waals surface area contributed by atoms with Gasteiger partial charge in [0.1, 0.15) is 11.2 Å². The molecule has 0 radical (unpaired) electrons. The normalized spacial score (nSPS) is 11.8. The van der Waals surface area contributed by atoms with Crippen LogP contribution in [0.15, 0.2) is 35.2 Å². The molecule has 14 heavy (non-hydrogen) atoms. The Morgan fingerprint density at radius 1 is 1.21 bits per heavy atom. The number of allylic oxidation sites excluding steroid dienone is 1. The van der Waals surface area contributed by atoms with Gasteiger partial charge in [-0.1, -0.05) is 24.3 Å². The highest BCUT2D eigenvalue weighted by atomic mass is 32.3. The second-order valence-corrected chi connectivity index (χ2v) is 3.79. The van der Waals surface area contributed by atoms with Gasteiger partial charge in [-0.3, -0.25) is 4.79 Å². The maximum absolute atomic E-state index is 12.7. The van der Waals surface area contributed by atoms with Gasteiger partial charge in [-0.2, -0.15) is 8.42 Å². The molecule has 0 aromatic heterocycles. The van der Waals surface area contributed by atoms with E-state index in [0.717, 1.165) is 12.1 Å². The first-order valence-electron chi connectivity index (χ1n) is 3.71. The van der Waals surface area contributed by atoms with Crippen LogP contribution in [0.1, 0.15) is 5.56 Å². The van der Waals surface area contributed by atoms with E-state index in [2.05, 4.69) is 0 Å². The molecule has 0 heterocycles. The lowest BCUT2D eigenvalue weighted by Crippen LogP contribution is -1.94. The Labute approximate surface area is 81.1 Å². The first-order chi connectivity index (χ1) is 6.55. The predicted molar refractivity (Wildman–Crippen MR) is 49.8 cm³/mol. The van der Waals surface area contributed by atoms with Gasteiger partial charge in [-0.15, -0.1) is 3.89 Å². The highest BCUT2D eigenvalue weighted by Gasteiger charge is 2.14. The maximum atomic E-state index is 12.7. The summed E-state index contributed by atoms with van der Waals surface area (Å²) in [5.74, 6) is 0. The van der Waals surface area contributed by atoms with E-state index in [-0.39, 0.29) is 5.56 Å². The van der Waals surface area contributed by atoms with E-state index < -0.39 is 15.1 Å². The van der Waals surface area contributed by atoms with E-state index in [1.807, 2.05) is 0 Å². The maximum Gasteiger partial charge on any atom is 0.332 e. The number of carbonyl (C=O) groups is 1. The Bertz CT molecular complexity index is 463. The average Bonchev–Trinajstić information content (AvgIpc) is 2.14. The summed E-state index contributed by atoms with van der Waals surface area (Å²) in [5.41, 5.74) is 0.155. The molecule has 1 rings (SSSR count). The fourth-order valence-corrected chi connectivity index (χ4v) is 1.64. The molecule has 1 aromatic carbocycles. The minimum Gasteiger partial charge on any atom is -0.299 e. The van der Waals surface area contributed by atoms with Gasteiger partial charge < -0.3 is 0 Å². The van der Waals surface area contributed by atoms with Crippen molar-refractivity contribution in [3.8, 4) is 0 Å². The van der Waals surface area contributed by atoms with Crippen molar-refractivity contribution in [1.29, 1.82) is 0 Å². The zero-order valence-electron chi connectivity index (χ0n) is 7.05. The van der Waals surface area contributed by atoms with Crippen LogP contribution in [0.5, 0.6) is 0 Å². The third-order valence-corrected chi connectivity index (χ3v) is 2.43. The molecule has 0 spiro atoms. The number of carbonyl (C=O) groups excluding carboxylic acids is 1. The van der Waals surface area contributed by atoms with Crippen molar-refractivity contribution in [2.45, 2.75) is 4.90 Å². The predicted octanol–water partition coefficient (Wildman–Crippen LogP) is 1.56. The second-order valence-electron chi connectivity index (χ2n) is 2.47. The molecule has 0 aliphatic rings. The van der Waals surface area contributed by atoms with Gasteiger partial charge in [0.25, 0.3) is 0 Å². The van der Waals surface area contributed by atoms with Gasteiger partial charge in [0.15, 0.2) is 0 Å². The van der Waals surface area contributed by atoms with Gasteiger partial charge in [-0.05, 0) is 17.7 Å². The fourth-order valence-electron chi connectivity index (χ4n) is 0.983. The van der Waals surface area contributed by atoms with Gasteiger partial charge in [0.05, 0.1) is 0 Å². The third-order valence-electron chi connectivity index (χ3n) is 1.54. The number of hydrogen-bond donors (Lipinski definition) is 0. The highest BCUT2D eigenvalue weighted by molar-refractivity contribution is 7.86. The summed E-state index contributed by atoms with van der Waals surface area (Å²) in [6, 6.07) is 5.51. The Morgan fingerprint density at radius 3 is 2.43 bits per heavy atom. The number of rotatable bonds is 3. The van der Waals surface area contributed by atoms with Crippen LogP contribution in [-0.2, 0) is 15.0 Å². The summed E-state index contributed by atoms with van der Waals surface area (Å²) in [5, 5.41) is 0. The van der Waals surface area contributed by atoms with Crippen LogP contribution in [0.2, 0.25) is 0 Å². The zero-order chi connectivity index (χ0) is 10.6. The Balaban J connectivity index is 3.30. The summed E-state index contributed by atoms with van der Waals surface area (Å²) in [6.45, 7) is 0. The minimum absolute atomic E-state index is 0.155. The Morgan fingerprint density at radius 2 is 1.86 bits per heavy atom. The van der Waals surface area contributed by atoms with Crippen LogP contribution in [0, 0.1) is 0 Å². The fraction of sp³-hybridized carbons (Fsp3) is 0. The average molecular weight is 214 g/mol. The molecule has 0 saturated carbocycles. The molecule has 0 N–H and O–H groups in total. The third kappa shape index (κ3) is 2.50. The molecular weight excluding hydrogens is 207 g/mol. The van der Waals surface area contributed by atoms with E-state index in [4.69, 9.17) is 0 Å². The summed E-state index contributed by atoms with van der Waals surface area (Å²) in [6.07, 6.45) is 2.82. The van der Waals surface area contributed by atoms with Crippen LogP contribution >= 0.6 is 0 Å². The molecule has 0 amide bonds. The lowest BCUT2D eigenvalue weighted by Gasteiger charge is -1.98. The molecule has 0 atom stereocenters. The summed E-state index contributed by atoms with van der Waals surface area (Å²) in [7, 11) is -4.73. The van der Waals surface area contributed by atoms with Crippen LogP contribution in [0.4, 0.5) is 3.89 Å². The molecular formula is C9H7FO3S. The minimum atomic E-state index is -4.73. The first-order valence-corrected chi connectivity index (χ1v) is 5.09. The van der Waals surface area contributed by atoms with Crippen molar-refractivity contribution in [2.24, 2.45) is 0 Å². The van der Waals surface area contributed by atoms with E-state index in [9.17, 15) is 17.1 Å². The molecule has 0 aliphatic heterocycles. The van der Waals surface area contributed by atoms with Crippen molar-refractivity contribution in [2.75, 3.05) is 0 Å². The van der Waals surface area contributed by atoms with Crippen molar-refractivity contribution in [1.82, 2.24) is 0 Å². The first kappa shape index (κ1) is 10.6. The standard InChI is InChI=1S/C9H7FO3S/c10-14(12,13)9-6-2-1-4-8(9)5-3-7-11/h1-7H. The van der Waals surface area contributed by atoms with E-state index in [1.165, 1.54) is 18.2 Å². The zero-order valence-corrected chi connectivity index (χ0v) is 7.87. The van der Waals surface area contributed by atoms with Crippen LogP contribution in [-0.4, -0.2) is 14.7 Å². The topological polar surface area (TPSA) is 51.2 Å². The molecule has 0 unspecified atom stereocenters. The number of benzene rings is 1. The quantitative estimate of drug-likeness (QED) is 0.436. The molecule has 0 fully saturated rings. The molecule has 0 saturated heterocycles. The van der Waals surface area contributed by atoms with E-state index >= 15 is 0 Å². The smallest absolute Gasteiger partial charge is 0.299 e. The van der Waals surface area contributed by atoms with E-state index in [0.29, 0.717) is 6.29 Å². The Kier molecular flexibility index (Phi) is 3.14. The molecule has 1 aromatic rings. The lowest BCUT2D eigenvalue weighted by atomic mass is 10.2. The van der Waals surface area contributed by atoms with Gasteiger partial charge in [0.2, 0.25) is 0 Å². The molecule has 0 bridgehead atoms.